The number of likely N-dealkylation sites (N-methyl/N-ethyl adjacent to an activating group) is 1. The van der Waals surface area contributed by atoms with Crippen molar-refractivity contribution in [3.05, 3.63) is 11.8 Å². The molecule has 66 heavy (non-hydrogen) atoms. The molecule has 21 nitrogen and oxygen atoms in total. The number of fused-ring (bicyclic) bond motifs is 4. The summed E-state index contributed by atoms with van der Waals surface area (Å²) in [4.78, 5) is 132. The summed E-state index contributed by atoms with van der Waals surface area (Å²) in [6, 6.07) is -8.71. The van der Waals surface area contributed by atoms with Crippen molar-refractivity contribution in [2.75, 3.05) is 32.5 Å². The molecule has 2 bridgehead atoms. The maximum atomic E-state index is 14.2. The number of nitrogens with one attached hydrogen (secondary N) is 5. The van der Waals surface area contributed by atoms with Crippen molar-refractivity contribution in [2.45, 2.75) is 155 Å². The zero-order valence-electron chi connectivity index (χ0n) is 39.6. The van der Waals surface area contributed by atoms with Gasteiger partial charge in [0.15, 0.2) is 6.10 Å². The zero-order chi connectivity index (χ0) is 49.3. The van der Waals surface area contributed by atoms with Gasteiger partial charge in [0.2, 0.25) is 35.4 Å². The summed E-state index contributed by atoms with van der Waals surface area (Å²) in [5.41, 5.74) is -0.0957. The van der Waals surface area contributed by atoms with E-state index in [2.05, 4.69) is 31.6 Å². The highest BCUT2D eigenvalue weighted by Gasteiger charge is 2.44. The van der Waals surface area contributed by atoms with Crippen LogP contribution in [-0.2, 0) is 47.9 Å². The van der Waals surface area contributed by atoms with Crippen molar-refractivity contribution in [1.29, 1.82) is 0 Å². The third kappa shape index (κ3) is 13.3. The van der Waals surface area contributed by atoms with E-state index in [1.165, 1.54) is 43.6 Å². The van der Waals surface area contributed by atoms with Crippen molar-refractivity contribution in [3.63, 3.8) is 0 Å². The Hall–Kier alpha value is -5.09. The summed E-state index contributed by atoms with van der Waals surface area (Å²) < 4.78 is 5.29. The standard InChI is InChI=1S/C44H69N9O12S/c1-11-26-41(61)52-15-12-13-30(52)38(59)50-33(25(9)54)43(63)51(10)34(23(6)7)44(64)65-19-32(55)39(60)45-24(8)35(56)47-27(17-21(2)3)36(57)48-28(18-22(4)5)42(62)53-16-14-31(53)40-49-29(20-66-40)37(58)46-26/h11,21-25,27-34,54-55H,12-20H2,1-10H3,(H,45,60)(H,46,58)(H,47,56)(H,48,57)(H,50,59)/b26-11+/t24-,25?,27+,28+,29-,30-,31-,32-,33-,34-/m0/s1. The second kappa shape index (κ2) is 23.6. The predicted octanol–water partition coefficient (Wildman–Crippen LogP) is -1.05. The van der Waals surface area contributed by atoms with Crippen LogP contribution in [0.4, 0.5) is 0 Å². The molecule has 0 aromatic heterocycles. The van der Waals surface area contributed by atoms with Crippen LogP contribution >= 0.6 is 11.8 Å². The number of carbonyl (C=O) groups is 9. The fourth-order valence-corrected chi connectivity index (χ4v) is 9.45. The van der Waals surface area contributed by atoms with Crippen LogP contribution in [0.3, 0.4) is 0 Å². The van der Waals surface area contributed by atoms with Crippen LogP contribution in [0, 0.1) is 17.8 Å². The van der Waals surface area contributed by atoms with Crippen LogP contribution < -0.4 is 26.6 Å². The summed E-state index contributed by atoms with van der Waals surface area (Å²) in [5, 5.41) is 35.1. The molecule has 8 amide bonds. The highest BCUT2D eigenvalue weighted by Crippen LogP contribution is 2.31. The van der Waals surface area contributed by atoms with Gasteiger partial charge in [0.1, 0.15) is 54.6 Å². The maximum Gasteiger partial charge on any atom is 0.329 e. The van der Waals surface area contributed by atoms with E-state index in [-0.39, 0.29) is 55.0 Å². The van der Waals surface area contributed by atoms with E-state index in [9.17, 15) is 53.4 Å². The number of hydrogen-bond acceptors (Lipinski definition) is 14. The number of thioether (sulfide) groups is 1. The SMILES string of the molecule is C/C=C1/NC(=O)[C@@H]2CSC(=N2)[C@@H]2CCN2C(=O)[C@@H](CC(C)C)NC(=O)[C@@H](CC(C)C)NC(=O)[C@H](C)NC(=O)[C@@H](O)COC(=O)[C@H](C(C)C)N(C)C(=O)[C@H](C(C)O)NC(=O)[C@@H]2CCCN2C1=O. The quantitative estimate of drug-likeness (QED) is 0.124. The van der Waals surface area contributed by atoms with E-state index in [4.69, 9.17) is 4.74 Å². The molecule has 4 aliphatic heterocycles. The molecule has 0 radical (unpaired) electrons. The monoisotopic (exact) mass is 947 g/mol. The molecule has 2 saturated heterocycles. The van der Waals surface area contributed by atoms with Crippen LogP contribution in [0.15, 0.2) is 16.8 Å². The van der Waals surface area contributed by atoms with Gasteiger partial charge in [-0.3, -0.25) is 43.3 Å². The molecule has 0 saturated carbocycles. The van der Waals surface area contributed by atoms with Crippen molar-refractivity contribution in [2.24, 2.45) is 22.7 Å². The first-order chi connectivity index (χ1) is 31.0. The van der Waals surface area contributed by atoms with Crippen molar-refractivity contribution < 1.29 is 58.1 Å². The number of ether oxygens (including phenoxy) is 1. The molecule has 4 heterocycles. The van der Waals surface area contributed by atoms with Crippen molar-refractivity contribution in [3.8, 4) is 0 Å². The molecule has 10 atom stereocenters. The number of carbonyl (C=O) groups excluding carboxylic acids is 9. The Kier molecular flexibility index (Phi) is 19.1. The molecule has 0 aromatic carbocycles. The van der Waals surface area contributed by atoms with Crippen LogP contribution in [0.1, 0.15) is 94.4 Å². The normalized spacial score (nSPS) is 31.0. The second-order valence-corrected chi connectivity index (χ2v) is 19.6. The van der Waals surface area contributed by atoms with Gasteiger partial charge in [0.05, 0.1) is 17.2 Å². The lowest BCUT2D eigenvalue weighted by atomic mass is 9.96. The average molecular weight is 948 g/mol. The maximum absolute atomic E-state index is 14.2. The van der Waals surface area contributed by atoms with Gasteiger partial charge in [-0.05, 0) is 70.6 Å². The molecule has 0 aromatic rings. The van der Waals surface area contributed by atoms with Crippen LogP contribution in [-0.4, -0.2) is 176 Å². The molecule has 368 valence electrons. The highest BCUT2D eigenvalue weighted by atomic mass is 32.2. The Morgan fingerprint density at radius 2 is 1.41 bits per heavy atom. The lowest BCUT2D eigenvalue weighted by Crippen LogP contribution is -2.62. The Balaban J connectivity index is 1.66. The lowest BCUT2D eigenvalue weighted by Gasteiger charge is -2.43. The number of esters is 1. The minimum Gasteiger partial charge on any atom is -0.461 e. The lowest BCUT2D eigenvalue weighted by molar-refractivity contribution is -0.161. The number of allylic oxidation sites excluding steroid dienone is 1. The first kappa shape index (κ1) is 53.5. The molecule has 0 aliphatic carbocycles. The molecular formula is C44H69N9O12S. The van der Waals surface area contributed by atoms with E-state index in [1.54, 1.807) is 25.7 Å². The number of nitrogens with zero attached hydrogens (tertiary/aromatic N) is 4. The van der Waals surface area contributed by atoms with Gasteiger partial charge >= 0.3 is 5.97 Å². The van der Waals surface area contributed by atoms with Crippen molar-refractivity contribution >= 4 is 70.0 Å². The fraction of sp³-hybridized carbons (Fsp3) is 0.727. The Morgan fingerprint density at radius 3 is 1.98 bits per heavy atom. The minimum absolute atomic E-state index is 0.0221. The van der Waals surface area contributed by atoms with Gasteiger partial charge in [0, 0.05) is 25.9 Å². The Morgan fingerprint density at radius 1 is 0.773 bits per heavy atom. The summed E-state index contributed by atoms with van der Waals surface area (Å²) in [6.45, 7) is 14.5. The number of hydrogen-bond donors (Lipinski definition) is 7. The minimum atomic E-state index is -1.96. The van der Waals surface area contributed by atoms with E-state index in [0.717, 1.165) is 4.90 Å². The first-order valence-electron chi connectivity index (χ1n) is 22.8. The number of cyclic esters (lactones) is 1. The number of rotatable bonds is 6. The molecular weight excluding hydrogens is 879 g/mol. The molecule has 1 unspecified atom stereocenters. The van der Waals surface area contributed by atoms with Crippen molar-refractivity contribution in [1.82, 2.24) is 41.3 Å². The molecule has 4 rings (SSSR count). The van der Waals surface area contributed by atoms with Crippen LogP contribution in [0.5, 0.6) is 0 Å². The number of amides is 8. The summed E-state index contributed by atoms with van der Waals surface area (Å²) >= 11 is 1.31. The summed E-state index contributed by atoms with van der Waals surface area (Å²) in [6.07, 6.45) is -0.362. The highest BCUT2D eigenvalue weighted by molar-refractivity contribution is 8.14. The van der Waals surface area contributed by atoms with Crippen LogP contribution in [0.2, 0.25) is 0 Å². The van der Waals surface area contributed by atoms with E-state index < -0.39 is 120 Å². The van der Waals surface area contributed by atoms with Gasteiger partial charge in [0.25, 0.3) is 11.8 Å². The third-order valence-electron chi connectivity index (χ3n) is 11.9. The Labute approximate surface area is 390 Å². The molecule has 2 fully saturated rings. The van der Waals surface area contributed by atoms with Gasteiger partial charge in [-0.25, -0.2) is 4.79 Å². The third-order valence-corrected chi connectivity index (χ3v) is 13.1. The topological polar surface area (TPSA) is 286 Å². The van der Waals surface area contributed by atoms with Gasteiger partial charge < -0.3 is 56.2 Å². The van der Waals surface area contributed by atoms with E-state index in [0.29, 0.717) is 24.4 Å². The fourth-order valence-electron chi connectivity index (χ4n) is 8.25. The summed E-state index contributed by atoms with van der Waals surface area (Å²) in [7, 11) is 1.27. The predicted molar refractivity (Wildman–Crippen MR) is 243 cm³/mol. The van der Waals surface area contributed by atoms with E-state index >= 15 is 0 Å². The van der Waals surface area contributed by atoms with Gasteiger partial charge in [-0.2, -0.15) is 0 Å². The molecule has 4 aliphatic rings. The van der Waals surface area contributed by atoms with E-state index in [1.807, 2.05) is 27.7 Å². The smallest absolute Gasteiger partial charge is 0.329 e. The Bertz CT molecular complexity index is 1920. The molecule has 7 N–H and O–H groups in total. The van der Waals surface area contributed by atoms with Crippen LogP contribution in [0.25, 0.3) is 0 Å². The number of aliphatic hydroxyl groups excluding tert-OH is 2. The summed E-state index contributed by atoms with van der Waals surface area (Å²) in [5.74, 6) is -7.15. The number of aliphatic hydroxyl groups is 2. The zero-order valence-corrected chi connectivity index (χ0v) is 40.4. The number of aliphatic imine (C=N–C) groups is 1. The van der Waals surface area contributed by atoms with Gasteiger partial charge in [-0.15, -0.1) is 11.8 Å². The second-order valence-electron chi connectivity index (χ2n) is 18.6. The molecule has 0 spiro atoms. The largest absolute Gasteiger partial charge is 0.461 e. The van der Waals surface area contributed by atoms with Gasteiger partial charge in [-0.1, -0.05) is 47.6 Å². The first-order valence-corrected chi connectivity index (χ1v) is 23.8. The average Bonchev–Trinajstić information content (AvgIpc) is 3.92. The molecule has 22 heteroatoms.